The lowest BCUT2D eigenvalue weighted by molar-refractivity contribution is 0.0473. The Morgan fingerprint density at radius 3 is 2.54 bits per heavy atom. The summed E-state index contributed by atoms with van der Waals surface area (Å²) in [5.41, 5.74) is 1.69. The molecule has 0 saturated heterocycles. The highest BCUT2D eigenvalue weighted by atomic mass is 32.2. The normalized spacial score (nSPS) is 25.6. The van der Waals surface area contributed by atoms with Crippen LogP contribution in [0.3, 0.4) is 0 Å². The molecule has 2 fully saturated rings. The van der Waals surface area contributed by atoms with E-state index in [-0.39, 0.29) is 29.6 Å². The highest BCUT2D eigenvalue weighted by Gasteiger charge is 2.47. The van der Waals surface area contributed by atoms with Crippen molar-refractivity contribution >= 4 is 22.5 Å². The topological polar surface area (TPSA) is 97.8 Å². The predicted octanol–water partition coefficient (Wildman–Crippen LogP) is 5.42. The van der Waals surface area contributed by atoms with E-state index >= 15 is 0 Å². The molecule has 1 N–H and O–H groups in total. The number of halogens is 1. The van der Waals surface area contributed by atoms with Crippen LogP contribution in [0.15, 0.2) is 48.7 Å². The number of aromatic nitrogens is 1. The number of carbonyl (C=O) groups excluding carboxylic acids is 1. The maximum atomic E-state index is 13.6. The lowest BCUT2D eigenvalue weighted by atomic mass is 9.76. The van der Waals surface area contributed by atoms with Gasteiger partial charge in [-0.25, -0.2) is 9.18 Å². The molecule has 10 heteroatoms. The third kappa shape index (κ3) is 7.64. The first-order chi connectivity index (χ1) is 18.3. The highest BCUT2D eigenvalue weighted by molar-refractivity contribution is 7.84. The first-order valence-corrected chi connectivity index (χ1v) is 14.7. The summed E-state index contributed by atoms with van der Waals surface area (Å²) in [6.07, 6.45) is 7.56. The van der Waals surface area contributed by atoms with Crippen LogP contribution in [0, 0.1) is 23.6 Å². The van der Waals surface area contributed by atoms with Crippen molar-refractivity contribution in [2.75, 3.05) is 14.1 Å². The summed E-state index contributed by atoms with van der Waals surface area (Å²) in [7, 11) is -0.967. The minimum Gasteiger partial charge on any atom is -0.444 e. The molecular formula is C29H38FN3O5S. The van der Waals surface area contributed by atoms with Crippen LogP contribution in [-0.2, 0) is 19.2 Å². The third-order valence-electron chi connectivity index (χ3n) is 7.35. The van der Waals surface area contributed by atoms with E-state index in [4.69, 9.17) is 8.92 Å². The second-order valence-corrected chi connectivity index (χ2v) is 13.4. The predicted molar refractivity (Wildman–Crippen MR) is 148 cm³/mol. The Hall–Kier alpha value is -2.82. The van der Waals surface area contributed by atoms with E-state index in [1.165, 1.54) is 26.2 Å². The van der Waals surface area contributed by atoms with Crippen LogP contribution in [0.2, 0.25) is 0 Å². The molecule has 2 saturated carbocycles. The molecule has 1 aromatic heterocycles. The Balaban J connectivity index is 1.49. The number of amides is 1. The standard InChI is InChI=1S/C29H38FN3O5S/c1-29(2,3)37-28(34)32-24-12-13-25-21(16-24)17-27(38-39(35,36)33(4)5)26(25)14-11-23-10-9-20(18-31-23)19-7-6-8-22(30)15-19/h6-11,14-15,18,21,24-27H,12-13,16-17H2,1-5H3,(H,32,34)/b14-11+/t21-,24?,25+,26-,27-/m0/s1. The SMILES string of the molecule is CN(C)S(=O)(=O)O[C@H]1C[C@@H]2CC(NC(=O)OC(C)(C)C)CC[C@H]2[C@@H]1/C=C/c1ccc(-c2cccc(F)c2)cn1. The van der Waals surface area contributed by atoms with Crippen molar-refractivity contribution in [3.63, 3.8) is 0 Å². The number of ether oxygens (including phenoxy) is 1. The Labute approximate surface area is 230 Å². The molecule has 0 radical (unpaired) electrons. The monoisotopic (exact) mass is 559 g/mol. The molecular weight excluding hydrogens is 521 g/mol. The number of nitrogens with one attached hydrogen (secondary N) is 1. The second-order valence-electron chi connectivity index (χ2n) is 11.6. The van der Waals surface area contributed by atoms with Gasteiger partial charge in [-0.2, -0.15) is 12.7 Å². The van der Waals surface area contributed by atoms with Gasteiger partial charge in [-0.05, 0) is 88.1 Å². The molecule has 1 unspecified atom stereocenters. The molecule has 39 heavy (non-hydrogen) atoms. The Bertz CT molecular complexity index is 1290. The van der Waals surface area contributed by atoms with Gasteiger partial charge in [0.2, 0.25) is 0 Å². The van der Waals surface area contributed by atoms with E-state index in [1.807, 2.05) is 51.1 Å². The van der Waals surface area contributed by atoms with Gasteiger partial charge in [-0.1, -0.05) is 24.3 Å². The van der Waals surface area contributed by atoms with Gasteiger partial charge in [0.1, 0.15) is 11.4 Å². The van der Waals surface area contributed by atoms with Crippen molar-refractivity contribution in [1.82, 2.24) is 14.6 Å². The van der Waals surface area contributed by atoms with E-state index in [9.17, 15) is 17.6 Å². The van der Waals surface area contributed by atoms with Crippen LogP contribution >= 0.6 is 0 Å². The first kappa shape index (κ1) is 29.2. The van der Waals surface area contributed by atoms with Gasteiger partial charge in [0, 0.05) is 37.8 Å². The second kappa shape index (κ2) is 11.7. The fourth-order valence-corrected chi connectivity index (χ4v) is 6.26. The van der Waals surface area contributed by atoms with Gasteiger partial charge < -0.3 is 10.1 Å². The van der Waals surface area contributed by atoms with E-state index < -0.39 is 28.1 Å². The zero-order valence-electron chi connectivity index (χ0n) is 23.1. The molecule has 2 aromatic rings. The average Bonchev–Trinajstić information content (AvgIpc) is 3.17. The zero-order chi connectivity index (χ0) is 28.4. The van der Waals surface area contributed by atoms with Gasteiger partial charge >= 0.3 is 16.4 Å². The molecule has 0 spiro atoms. The number of hydrogen-bond acceptors (Lipinski definition) is 6. The summed E-state index contributed by atoms with van der Waals surface area (Å²) < 4.78 is 51.0. The Morgan fingerprint density at radius 2 is 1.90 bits per heavy atom. The van der Waals surface area contributed by atoms with Gasteiger partial charge in [-0.15, -0.1) is 0 Å². The quantitative estimate of drug-likeness (QED) is 0.486. The molecule has 0 aliphatic heterocycles. The zero-order valence-corrected chi connectivity index (χ0v) is 23.9. The van der Waals surface area contributed by atoms with Crippen molar-refractivity contribution in [2.24, 2.45) is 17.8 Å². The lowest BCUT2D eigenvalue weighted by Gasteiger charge is -2.34. The molecule has 4 rings (SSSR count). The van der Waals surface area contributed by atoms with Gasteiger partial charge in [0.05, 0.1) is 11.8 Å². The number of pyridine rings is 1. The van der Waals surface area contributed by atoms with Crippen LogP contribution in [0.25, 0.3) is 17.2 Å². The number of nitrogens with zero attached hydrogens (tertiary/aromatic N) is 2. The summed E-state index contributed by atoms with van der Waals surface area (Å²) in [5, 5.41) is 2.98. The number of hydrogen-bond donors (Lipinski definition) is 1. The molecule has 1 amide bonds. The fraction of sp³-hybridized carbons (Fsp3) is 0.517. The molecule has 0 bridgehead atoms. The Morgan fingerprint density at radius 1 is 1.13 bits per heavy atom. The summed E-state index contributed by atoms with van der Waals surface area (Å²) in [6, 6.07) is 10.1. The number of carbonyl (C=O) groups is 1. The maximum absolute atomic E-state index is 13.6. The largest absolute Gasteiger partial charge is 0.444 e. The van der Waals surface area contributed by atoms with Crippen molar-refractivity contribution < 1.29 is 26.5 Å². The third-order valence-corrected chi connectivity index (χ3v) is 8.73. The van der Waals surface area contributed by atoms with Gasteiger partial charge in [0.15, 0.2) is 0 Å². The number of rotatable bonds is 7. The van der Waals surface area contributed by atoms with E-state index in [2.05, 4.69) is 10.3 Å². The molecule has 8 nitrogen and oxygen atoms in total. The molecule has 1 heterocycles. The van der Waals surface area contributed by atoms with E-state index in [0.717, 1.165) is 34.7 Å². The lowest BCUT2D eigenvalue weighted by Crippen LogP contribution is -2.42. The number of alkyl carbamates (subject to hydrolysis) is 1. The van der Waals surface area contributed by atoms with Crippen molar-refractivity contribution in [2.45, 2.75) is 64.2 Å². The van der Waals surface area contributed by atoms with Crippen LogP contribution in [0.1, 0.15) is 52.1 Å². The smallest absolute Gasteiger partial charge is 0.407 e. The van der Waals surface area contributed by atoms with Crippen LogP contribution < -0.4 is 5.32 Å². The minimum absolute atomic E-state index is 0.0352. The van der Waals surface area contributed by atoms with Gasteiger partial charge in [0.25, 0.3) is 0 Å². The van der Waals surface area contributed by atoms with Crippen molar-refractivity contribution in [1.29, 1.82) is 0 Å². The van der Waals surface area contributed by atoms with Crippen LogP contribution in [0.5, 0.6) is 0 Å². The van der Waals surface area contributed by atoms with Crippen LogP contribution in [0.4, 0.5) is 9.18 Å². The number of fused-ring (bicyclic) bond motifs is 1. The van der Waals surface area contributed by atoms with Crippen molar-refractivity contribution in [3.05, 3.63) is 60.2 Å². The fourth-order valence-electron chi connectivity index (χ4n) is 5.57. The van der Waals surface area contributed by atoms with E-state index in [1.54, 1.807) is 12.3 Å². The highest BCUT2D eigenvalue weighted by Crippen LogP contribution is 2.48. The summed E-state index contributed by atoms with van der Waals surface area (Å²) in [5.74, 6) is -0.0234. The average molecular weight is 560 g/mol. The summed E-state index contributed by atoms with van der Waals surface area (Å²) in [4.78, 5) is 16.8. The Kier molecular flexibility index (Phi) is 8.78. The first-order valence-electron chi connectivity index (χ1n) is 13.3. The molecule has 1 aromatic carbocycles. The molecule has 2 aliphatic rings. The molecule has 212 valence electrons. The number of benzene rings is 1. The van der Waals surface area contributed by atoms with Crippen molar-refractivity contribution in [3.8, 4) is 11.1 Å². The molecule has 2 aliphatic carbocycles. The van der Waals surface area contributed by atoms with Crippen LogP contribution in [-0.4, -0.2) is 55.6 Å². The summed E-state index contributed by atoms with van der Waals surface area (Å²) in [6.45, 7) is 5.48. The minimum atomic E-state index is -3.87. The molecule has 5 atom stereocenters. The van der Waals surface area contributed by atoms with Gasteiger partial charge in [-0.3, -0.25) is 9.17 Å². The summed E-state index contributed by atoms with van der Waals surface area (Å²) >= 11 is 0. The van der Waals surface area contributed by atoms with E-state index in [0.29, 0.717) is 12.1 Å². The maximum Gasteiger partial charge on any atom is 0.407 e.